The lowest BCUT2D eigenvalue weighted by molar-refractivity contribution is -0.134. The molecule has 2 saturated heterocycles. The zero-order valence-electron chi connectivity index (χ0n) is 25.8. The quantitative estimate of drug-likeness (QED) is 0.226. The molecule has 5 rings (SSSR count). The number of likely N-dealkylation sites (tertiary alicyclic amines) is 2. The number of carbonyl (C=O) groups is 1. The summed E-state index contributed by atoms with van der Waals surface area (Å²) in [5.74, 6) is -0.0526. The standard InChI is InChI=1S/C34H45FN6O3S/c35-16-12-26-14-20-41(21-15-26)34(42)32(23-28-8-10-29(36)11-9-28)39-45(43,44)33-24-37-17-13-31(33)38-30(25-40-18-4-5-19-40)22-27-6-2-1-3-7-27/h1-3,6-11,13,17,24,26,30,32,39H,4-5,12,14-16,18-23,25,36H2,(H,37,38)/t30-,32-/m0/s1. The van der Waals surface area contributed by atoms with Gasteiger partial charge in [0.05, 0.1) is 12.4 Å². The maximum absolute atomic E-state index is 14.1. The first kappa shape index (κ1) is 32.8. The largest absolute Gasteiger partial charge is 0.399 e. The summed E-state index contributed by atoms with van der Waals surface area (Å²) < 4.78 is 43.8. The predicted octanol–water partition coefficient (Wildman–Crippen LogP) is 4.27. The molecule has 0 radical (unpaired) electrons. The molecule has 11 heteroatoms. The van der Waals surface area contributed by atoms with E-state index in [2.05, 4.69) is 32.1 Å². The summed E-state index contributed by atoms with van der Waals surface area (Å²) in [6, 6.07) is 17.9. The molecule has 2 aromatic carbocycles. The number of hydrogen-bond acceptors (Lipinski definition) is 7. The predicted molar refractivity (Wildman–Crippen MR) is 176 cm³/mol. The van der Waals surface area contributed by atoms with E-state index < -0.39 is 16.1 Å². The fraction of sp³-hybridized carbons (Fsp3) is 0.471. The molecule has 0 aliphatic carbocycles. The number of benzene rings is 2. The van der Waals surface area contributed by atoms with E-state index in [1.807, 2.05) is 18.2 Å². The molecular weight excluding hydrogens is 591 g/mol. The number of pyridine rings is 1. The summed E-state index contributed by atoms with van der Waals surface area (Å²) >= 11 is 0. The molecule has 2 atom stereocenters. The van der Waals surface area contributed by atoms with Crippen LogP contribution in [0.4, 0.5) is 15.8 Å². The van der Waals surface area contributed by atoms with Crippen LogP contribution in [0.1, 0.15) is 43.2 Å². The van der Waals surface area contributed by atoms with E-state index in [0.717, 1.165) is 50.0 Å². The Morgan fingerprint density at radius 1 is 0.956 bits per heavy atom. The number of piperidine rings is 1. The van der Waals surface area contributed by atoms with Gasteiger partial charge in [0.2, 0.25) is 15.9 Å². The zero-order valence-corrected chi connectivity index (χ0v) is 26.6. The highest BCUT2D eigenvalue weighted by molar-refractivity contribution is 7.89. The number of amides is 1. The number of halogens is 1. The van der Waals surface area contributed by atoms with E-state index in [1.165, 1.54) is 6.20 Å². The minimum absolute atomic E-state index is 0.00115. The Labute approximate surface area is 266 Å². The maximum Gasteiger partial charge on any atom is 0.244 e. The molecule has 3 aromatic rings. The molecule has 2 aliphatic rings. The first-order valence-corrected chi connectivity index (χ1v) is 17.5. The van der Waals surface area contributed by atoms with E-state index in [9.17, 15) is 17.6 Å². The Hall–Kier alpha value is -3.54. The number of hydrogen-bond donors (Lipinski definition) is 3. The second-order valence-corrected chi connectivity index (χ2v) is 14.0. The normalized spacial score (nSPS) is 17.7. The molecule has 3 heterocycles. The Bertz CT molecular complexity index is 1480. The van der Waals surface area contributed by atoms with Gasteiger partial charge in [0.15, 0.2) is 0 Å². The summed E-state index contributed by atoms with van der Waals surface area (Å²) in [6.45, 7) is 3.40. The molecule has 45 heavy (non-hydrogen) atoms. The van der Waals surface area contributed by atoms with Crippen LogP contribution in [0.5, 0.6) is 0 Å². The van der Waals surface area contributed by atoms with Gasteiger partial charge in [0.25, 0.3) is 0 Å². The molecule has 2 fully saturated rings. The van der Waals surface area contributed by atoms with Gasteiger partial charge in [0, 0.05) is 43.8 Å². The van der Waals surface area contributed by atoms with Crippen molar-refractivity contribution in [2.75, 3.05) is 50.4 Å². The van der Waals surface area contributed by atoms with Crippen LogP contribution in [0.3, 0.4) is 0 Å². The lowest BCUT2D eigenvalue weighted by Gasteiger charge is -2.34. The topological polar surface area (TPSA) is 121 Å². The minimum Gasteiger partial charge on any atom is -0.399 e. The zero-order chi connectivity index (χ0) is 31.6. The van der Waals surface area contributed by atoms with E-state index in [0.29, 0.717) is 43.7 Å². The molecular formula is C34H45FN6O3S. The summed E-state index contributed by atoms with van der Waals surface area (Å²) in [4.78, 5) is 22.1. The Morgan fingerprint density at radius 3 is 2.33 bits per heavy atom. The number of nitrogens with zero attached hydrogens (tertiary/aromatic N) is 3. The molecule has 1 aromatic heterocycles. The van der Waals surface area contributed by atoms with Crippen molar-refractivity contribution in [3.8, 4) is 0 Å². The third-order valence-corrected chi connectivity index (χ3v) is 10.4. The van der Waals surface area contributed by atoms with Crippen LogP contribution in [0.15, 0.2) is 78.0 Å². The van der Waals surface area contributed by atoms with Gasteiger partial charge < -0.3 is 20.9 Å². The lowest BCUT2D eigenvalue weighted by Crippen LogP contribution is -2.51. The summed E-state index contributed by atoms with van der Waals surface area (Å²) in [5.41, 5.74) is 8.86. The highest BCUT2D eigenvalue weighted by Crippen LogP contribution is 2.25. The van der Waals surface area contributed by atoms with Crippen LogP contribution in [0.25, 0.3) is 0 Å². The molecule has 242 valence electrons. The van der Waals surface area contributed by atoms with E-state index in [1.54, 1.807) is 41.4 Å². The maximum atomic E-state index is 14.1. The van der Waals surface area contributed by atoms with Gasteiger partial charge in [-0.3, -0.25) is 14.2 Å². The Balaban J connectivity index is 1.38. The van der Waals surface area contributed by atoms with Crippen molar-refractivity contribution in [2.45, 2.75) is 61.9 Å². The highest BCUT2D eigenvalue weighted by Gasteiger charge is 2.33. The number of rotatable bonds is 14. The van der Waals surface area contributed by atoms with Crippen LogP contribution in [0.2, 0.25) is 0 Å². The number of nitrogens with two attached hydrogens (primary N) is 1. The second kappa shape index (κ2) is 15.6. The van der Waals surface area contributed by atoms with Crippen LogP contribution in [-0.4, -0.2) is 80.6 Å². The second-order valence-electron chi connectivity index (χ2n) is 12.3. The molecule has 0 bridgehead atoms. The molecule has 2 aliphatic heterocycles. The first-order valence-electron chi connectivity index (χ1n) is 16.0. The Kier molecular flexibility index (Phi) is 11.4. The monoisotopic (exact) mass is 636 g/mol. The van der Waals surface area contributed by atoms with Gasteiger partial charge in [-0.2, -0.15) is 4.72 Å². The summed E-state index contributed by atoms with van der Waals surface area (Å²) in [6.07, 6.45) is 8.02. The molecule has 4 N–H and O–H groups in total. The van der Waals surface area contributed by atoms with Gasteiger partial charge in [-0.05, 0) is 93.3 Å². The number of alkyl halides is 1. The molecule has 1 amide bonds. The molecule has 0 unspecified atom stereocenters. The van der Waals surface area contributed by atoms with Crippen molar-refractivity contribution in [1.29, 1.82) is 0 Å². The van der Waals surface area contributed by atoms with Gasteiger partial charge in [0.1, 0.15) is 10.9 Å². The van der Waals surface area contributed by atoms with Gasteiger partial charge in [-0.25, -0.2) is 8.42 Å². The molecule has 0 spiro atoms. The third kappa shape index (κ3) is 9.24. The Morgan fingerprint density at radius 2 is 1.64 bits per heavy atom. The van der Waals surface area contributed by atoms with Crippen LogP contribution < -0.4 is 15.8 Å². The minimum atomic E-state index is -4.18. The molecule has 0 saturated carbocycles. The molecule has 9 nitrogen and oxygen atoms in total. The van der Waals surface area contributed by atoms with E-state index in [4.69, 9.17) is 5.73 Å². The van der Waals surface area contributed by atoms with Gasteiger partial charge in [-0.15, -0.1) is 0 Å². The van der Waals surface area contributed by atoms with Crippen LogP contribution >= 0.6 is 0 Å². The highest BCUT2D eigenvalue weighted by atomic mass is 32.2. The van der Waals surface area contributed by atoms with Gasteiger partial charge >= 0.3 is 0 Å². The average Bonchev–Trinajstić information content (AvgIpc) is 3.56. The fourth-order valence-electron chi connectivity index (χ4n) is 6.41. The SMILES string of the molecule is Nc1ccc(C[C@H](NS(=O)(=O)c2cnccc2N[C@@H](Cc2ccccc2)CN2CCCC2)C(=O)N2CCC(CCF)CC2)cc1. The van der Waals surface area contributed by atoms with Crippen molar-refractivity contribution < 1.29 is 17.6 Å². The number of nitrogen functional groups attached to an aromatic ring is 1. The van der Waals surface area contributed by atoms with Crippen LogP contribution in [-0.2, 0) is 27.7 Å². The number of carbonyl (C=O) groups excluding carboxylic acids is 1. The van der Waals surface area contributed by atoms with Crippen molar-refractivity contribution in [2.24, 2.45) is 5.92 Å². The number of nitrogens with one attached hydrogen (secondary N) is 2. The lowest BCUT2D eigenvalue weighted by atomic mass is 9.93. The van der Waals surface area contributed by atoms with Crippen molar-refractivity contribution in [3.05, 3.63) is 84.2 Å². The van der Waals surface area contributed by atoms with Crippen molar-refractivity contribution in [3.63, 3.8) is 0 Å². The first-order chi connectivity index (χ1) is 21.8. The van der Waals surface area contributed by atoms with Crippen molar-refractivity contribution in [1.82, 2.24) is 19.5 Å². The number of anilines is 2. The van der Waals surface area contributed by atoms with Gasteiger partial charge in [-0.1, -0.05) is 42.5 Å². The van der Waals surface area contributed by atoms with E-state index in [-0.39, 0.29) is 35.9 Å². The smallest absolute Gasteiger partial charge is 0.244 e. The number of aromatic nitrogens is 1. The number of sulfonamides is 1. The van der Waals surface area contributed by atoms with Crippen LogP contribution in [0, 0.1) is 5.92 Å². The summed E-state index contributed by atoms with van der Waals surface area (Å²) in [5, 5.41) is 3.53. The van der Waals surface area contributed by atoms with E-state index >= 15 is 0 Å². The average molecular weight is 637 g/mol. The summed E-state index contributed by atoms with van der Waals surface area (Å²) in [7, 11) is -4.18. The fourth-order valence-corrected chi connectivity index (χ4v) is 7.71. The van der Waals surface area contributed by atoms with Crippen molar-refractivity contribution >= 4 is 27.3 Å². The third-order valence-electron chi connectivity index (χ3n) is 8.89.